The summed E-state index contributed by atoms with van der Waals surface area (Å²) in [7, 11) is 0. The van der Waals surface area contributed by atoms with Gasteiger partial charge in [0.2, 0.25) is 5.91 Å². The summed E-state index contributed by atoms with van der Waals surface area (Å²) in [5.41, 5.74) is 3.67. The van der Waals surface area contributed by atoms with Gasteiger partial charge in [-0.15, -0.1) is 11.3 Å². The lowest BCUT2D eigenvalue weighted by Gasteiger charge is -2.27. The molecular weight excluding hydrogens is 312 g/mol. The molecule has 1 heterocycles. The maximum Gasteiger partial charge on any atom is 0.233 e. The summed E-state index contributed by atoms with van der Waals surface area (Å²) in [6, 6.07) is 8.59. The van der Waals surface area contributed by atoms with Crippen LogP contribution in [0, 0.1) is 6.92 Å². The van der Waals surface area contributed by atoms with Gasteiger partial charge in [0.05, 0.1) is 11.3 Å². The maximum atomic E-state index is 12.5. The zero-order valence-electron chi connectivity index (χ0n) is 12.8. The predicted molar refractivity (Wildman–Crippen MR) is 92.4 cm³/mol. The number of hydrogen-bond donors (Lipinski definition) is 1. The number of aromatic nitrogens is 1. The molecule has 0 radical (unpaired) electrons. The standard InChI is InChI=1S/C17H20N2OS2/c1-11-10-21-17(18-11)22-12(2)16(20)19-15-9-5-7-13-6-3-4-8-14(13)15/h3-4,6,8,10,12,15H,5,7,9H2,1-2H3,(H,19,20)/t12-,15+/m1/s1. The summed E-state index contributed by atoms with van der Waals surface area (Å²) in [5, 5.41) is 5.11. The van der Waals surface area contributed by atoms with Gasteiger partial charge in [-0.1, -0.05) is 36.0 Å². The quantitative estimate of drug-likeness (QED) is 0.856. The van der Waals surface area contributed by atoms with Gasteiger partial charge in [-0.25, -0.2) is 4.98 Å². The van der Waals surface area contributed by atoms with Gasteiger partial charge in [-0.2, -0.15) is 0 Å². The van der Waals surface area contributed by atoms with Gasteiger partial charge in [0.1, 0.15) is 0 Å². The molecule has 0 saturated heterocycles. The van der Waals surface area contributed by atoms with Crippen molar-refractivity contribution in [3.8, 4) is 0 Å². The van der Waals surface area contributed by atoms with Crippen molar-refractivity contribution in [1.82, 2.24) is 10.3 Å². The highest BCUT2D eigenvalue weighted by Crippen LogP contribution is 2.31. The number of hydrogen-bond acceptors (Lipinski definition) is 4. The fraction of sp³-hybridized carbons (Fsp3) is 0.412. The van der Waals surface area contributed by atoms with Crippen molar-refractivity contribution in [3.63, 3.8) is 0 Å². The van der Waals surface area contributed by atoms with Crippen molar-refractivity contribution in [3.05, 3.63) is 46.5 Å². The molecule has 1 aromatic carbocycles. The van der Waals surface area contributed by atoms with Gasteiger partial charge < -0.3 is 5.32 Å². The molecule has 22 heavy (non-hydrogen) atoms. The number of carbonyl (C=O) groups excluding carboxylic acids is 1. The van der Waals surface area contributed by atoms with Crippen LogP contribution >= 0.6 is 23.1 Å². The van der Waals surface area contributed by atoms with Crippen LogP contribution in [0.1, 0.15) is 42.6 Å². The molecule has 0 fully saturated rings. The number of nitrogens with zero attached hydrogens (tertiary/aromatic N) is 1. The molecule has 3 nitrogen and oxygen atoms in total. The van der Waals surface area contributed by atoms with Crippen LogP contribution in [0.5, 0.6) is 0 Å². The molecule has 2 atom stereocenters. The SMILES string of the molecule is Cc1csc(S[C@H](C)C(=O)N[C@H]2CCCc3ccccc32)n1. The van der Waals surface area contributed by atoms with Crippen LogP contribution < -0.4 is 5.32 Å². The lowest BCUT2D eigenvalue weighted by Crippen LogP contribution is -2.35. The Morgan fingerprint density at radius 3 is 3.05 bits per heavy atom. The second-order valence-corrected chi connectivity index (χ2v) is 8.11. The number of rotatable bonds is 4. The summed E-state index contributed by atoms with van der Waals surface area (Å²) in [4.78, 5) is 16.9. The average molecular weight is 332 g/mol. The molecule has 0 bridgehead atoms. The molecule has 2 aromatic rings. The Kier molecular flexibility index (Phi) is 4.84. The van der Waals surface area contributed by atoms with E-state index in [4.69, 9.17) is 0 Å². The molecule has 1 aliphatic carbocycles. The fourth-order valence-corrected chi connectivity index (χ4v) is 4.78. The topological polar surface area (TPSA) is 42.0 Å². The van der Waals surface area contributed by atoms with Crippen LogP contribution in [0.3, 0.4) is 0 Å². The molecule has 0 saturated carbocycles. The number of benzene rings is 1. The predicted octanol–water partition coefficient (Wildman–Crippen LogP) is 4.13. The van der Waals surface area contributed by atoms with Gasteiger partial charge >= 0.3 is 0 Å². The van der Waals surface area contributed by atoms with Crippen molar-refractivity contribution in [2.45, 2.75) is 48.7 Å². The third kappa shape index (κ3) is 3.52. The lowest BCUT2D eigenvalue weighted by molar-refractivity contribution is -0.121. The van der Waals surface area contributed by atoms with Gasteiger partial charge in [-0.3, -0.25) is 4.79 Å². The van der Waals surface area contributed by atoms with E-state index >= 15 is 0 Å². The summed E-state index contributed by atoms with van der Waals surface area (Å²) < 4.78 is 0.962. The van der Waals surface area contributed by atoms with E-state index in [9.17, 15) is 4.79 Å². The second-order valence-electron chi connectivity index (χ2n) is 5.67. The monoisotopic (exact) mass is 332 g/mol. The van der Waals surface area contributed by atoms with Crippen molar-refractivity contribution in [2.75, 3.05) is 0 Å². The highest BCUT2D eigenvalue weighted by molar-refractivity contribution is 8.02. The van der Waals surface area contributed by atoms with Gasteiger partial charge in [0.15, 0.2) is 4.34 Å². The lowest BCUT2D eigenvalue weighted by atomic mass is 9.88. The van der Waals surface area contributed by atoms with E-state index in [1.54, 1.807) is 11.3 Å². The third-order valence-electron chi connectivity index (χ3n) is 3.93. The number of amides is 1. The molecule has 0 aliphatic heterocycles. The minimum absolute atomic E-state index is 0.0968. The summed E-state index contributed by atoms with van der Waals surface area (Å²) >= 11 is 3.14. The molecule has 3 rings (SSSR count). The molecule has 0 unspecified atom stereocenters. The summed E-state index contributed by atoms with van der Waals surface area (Å²) in [6.07, 6.45) is 3.27. The zero-order chi connectivity index (χ0) is 15.5. The van der Waals surface area contributed by atoms with E-state index in [0.29, 0.717) is 0 Å². The van der Waals surface area contributed by atoms with E-state index in [0.717, 1.165) is 29.3 Å². The van der Waals surface area contributed by atoms with Crippen LogP contribution in [0.15, 0.2) is 34.0 Å². The molecule has 1 amide bonds. The smallest absolute Gasteiger partial charge is 0.233 e. The van der Waals surface area contributed by atoms with Crippen molar-refractivity contribution >= 4 is 29.0 Å². The van der Waals surface area contributed by atoms with E-state index in [-0.39, 0.29) is 17.2 Å². The molecule has 1 aromatic heterocycles. The fourth-order valence-electron chi connectivity index (χ4n) is 2.78. The van der Waals surface area contributed by atoms with Crippen molar-refractivity contribution < 1.29 is 4.79 Å². The summed E-state index contributed by atoms with van der Waals surface area (Å²) in [6.45, 7) is 3.93. The highest BCUT2D eigenvalue weighted by atomic mass is 32.2. The number of carbonyl (C=O) groups is 1. The number of nitrogens with one attached hydrogen (secondary N) is 1. The van der Waals surface area contributed by atoms with Crippen LogP contribution in [0.4, 0.5) is 0 Å². The Hall–Kier alpha value is -1.33. The second kappa shape index (κ2) is 6.84. The maximum absolute atomic E-state index is 12.5. The van der Waals surface area contributed by atoms with E-state index < -0.39 is 0 Å². The molecule has 5 heteroatoms. The molecule has 0 spiro atoms. The number of fused-ring (bicyclic) bond motifs is 1. The Morgan fingerprint density at radius 2 is 2.27 bits per heavy atom. The van der Waals surface area contributed by atoms with Crippen molar-refractivity contribution in [2.24, 2.45) is 0 Å². The first kappa shape index (κ1) is 15.6. The van der Waals surface area contributed by atoms with E-state index in [1.165, 1.54) is 22.9 Å². The number of thioether (sulfide) groups is 1. The minimum atomic E-state index is -0.125. The molecule has 1 N–H and O–H groups in total. The minimum Gasteiger partial charge on any atom is -0.348 e. The number of aryl methyl sites for hydroxylation is 2. The Labute approximate surface area is 139 Å². The van der Waals surface area contributed by atoms with Crippen LogP contribution in [-0.2, 0) is 11.2 Å². The molecular formula is C17H20N2OS2. The van der Waals surface area contributed by atoms with Crippen molar-refractivity contribution in [1.29, 1.82) is 0 Å². The summed E-state index contributed by atoms with van der Waals surface area (Å²) in [5.74, 6) is 0.0968. The first-order valence-corrected chi connectivity index (χ1v) is 9.36. The largest absolute Gasteiger partial charge is 0.348 e. The average Bonchev–Trinajstić information content (AvgIpc) is 2.92. The zero-order valence-corrected chi connectivity index (χ0v) is 14.5. The normalized spacial score (nSPS) is 18.5. The highest BCUT2D eigenvalue weighted by Gasteiger charge is 2.24. The molecule has 116 valence electrons. The first-order chi connectivity index (χ1) is 10.6. The number of thiazole rings is 1. The Morgan fingerprint density at radius 1 is 1.45 bits per heavy atom. The van der Waals surface area contributed by atoms with Gasteiger partial charge in [0.25, 0.3) is 0 Å². The van der Waals surface area contributed by atoms with Crippen LogP contribution in [0.2, 0.25) is 0 Å². The van der Waals surface area contributed by atoms with Gasteiger partial charge in [0, 0.05) is 11.1 Å². The Balaban J connectivity index is 1.64. The molecule has 1 aliphatic rings. The van der Waals surface area contributed by atoms with E-state index in [1.807, 2.05) is 19.2 Å². The van der Waals surface area contributed by atoms with Gasteiger partial charge in [-0.05, 0) is 44.2 Å². The van der Waals surface area contributed by atoms with Crippen LogP contribution in [0.25, 0.3) is 0 Å². The van der Waals surface area contributed by atoms with E-state index in [2.05, 4.69) is 34.6 Å². The first-order valence-electron chi connectivity index (χ1n) is 7.60. The Bertz CT molecular complexity index is 668. The third-order valence-corrected chi connectivity index (χ3v) is 6.12. The van der Waals surface area contributed by atoms with Crippen LogP contribution in [-0.4, -0.2) is 16.1 Å².